The predicted octanol–water partition coefficient (Wildman–Crippen LogP) is 14.6. The minimum absolute atomic E-state index is 0.895. The zero-order valence-corrected chi connectivity index (χ0v) is 28.3. The standard InChI is InChI=1S/C48H29NOS/c1-2-10-36-30(9-1)17-18-32-27-42(37-11-3-4-14-41(37)48(32)36)31-19-21-33(22-20-31)49(34-24-26-45-43(28-34)38-12-5-7-15-44(38)50-45)35-23-25-40-39-13-6-8-16-46(39)51-47(40)29-35/h1-29H. The van der Waals surface area contributed by atoms with E-state index in [1.165, 1.54) is 63.6 Å². The molecule has 0 atom stereocenters. The molecule has 0 saturated carbocycles. The van der Waals surface area contributed by atoms with Gasteiger partial charge >= 0.3 is 0 Å². The molecule has 0 saturated heterocycles. The Labute approximate surface area is 298 Å². The Kier molecular flexibility index (Phi) is 6.16. The first kappa shape index (κ1) is 28.4. The third-order valence-corrected chi connectivity index (χ3v) is 11.6. The van der Waals surface area contributed by atoms with Gasteiger partial charge in [0.05, 0.1) is 0 Å². The zero-order chi connectivity index (χ0) is 33.5. The molecule has 2 heterocycles. The van der Waals surface area contributed by atoms with Crippen LogP contribution >= 0.6 is 11.3 Å². The highest BCUT2D eigenvalue weighted by Crippen LogP contribution is 2.44. The zero-order valence-electron chi connectivity index (χ0n) is 27.5. The van der Waals surface area contributed by atoms with Crippen LogP contribution in [0.15, 0.2) is 180 Å². The second-order valence-electron chi connectivity index (χ2n) is 13.3. The van der Waals surface area contributed by atoms with Crippen molar-refractivity contribution in [1.29, 1.82) is 0 Å². The summed E-state index contributed by atoms with van der Waals surface area (Å²) in [6.45, 7) is 0. The molecule has 3 heteroatoms. The molecular weight excluding hydrogens is 639 g/mol. The summed E-state index contributed by atoms with van der Waals surface area (Å²) >= 11 is 1.85. The molecule has 0 unspecified atom stereocenters. The summed E-state index contributed by atoms with van der Waals surface area (Å²) in [5, 5.41) is 12.5. The molecule has 0 bridgehead atoms. The number of thiophene rings is 1. The number of para-hydroxylation sites is 1. The summed E-state index contributed by atoms with van der Waals surface area (Å²) in [6, 6.07) is 63.9. The van der Waals surface area contributed by atoms with Crippen molar-refractivity contribution in [1.82, 2.24) is 0 Å². The fraction of sp³-hybridized carbons (Fsp3) is 0. The molecule has 0 radical (unpaired) electrons. The molecule has 2 aromatic heterocycles. The first-order valence-corrected chi connectivity index (χ1v) is 18.1. The number of benzene rings is 9. The maximum absolute atomic E-state index is 6.23. The van der Waals surface area contributed by atoms with Crippen molar-refractivity contribution < 1.29 is 4.42 Å². The van der Waals surface area contributed by atoms with Gasteiger partial charge < -0.3 is 9.32 Å². The Morgan fingerprint density at radius 1 is 0.373 bits per heavy atom. The van der Waals surface area contributed by atoms with E-state index in [1.807, 2.05) is 23.5 Å². The van der Waals surface area contributed by atoms with Crippen LogP contribution in [-0.2, 0) is 0 Å². The molecule has 0 amide bonds. The lowest BCUT2D eigenvalue weighted by Gasteiger charge is -2.26. The quantitative estimate of drug-likeness (QED) is 0.174. The van der Waals surface area contributed by atoms with Crippen LogP contribution < -0.4 is 4.90 Å². The second-order valence-corrected chi connectivity index (χ2v) is 14.4. The molecule has 0 spiro atoms. The van der Waals surface area contributed by atoms with Gasteiger partial charge in [-0.1, -0.05) is 115 Å². The maximum Gasteiger partial charge on any atom is 0.135 e. The van der Waals surface area contributed by atoms with E-state index in [4.69, 9.17) is 4.42 Å². The van der Waals surface area contributed by atoms with E-state index in [0.717, 1.165) is 39.0 Å². The van der Waals surface area contributed by atoms with Crippen molar-refractivity contribution in [3.63, 3.8) is 0 Å². The van der Waals surface area contributed by atoms with Gasteiger partial charge in [0, 0.05) is 48.0 Å². The van der Waals surface area contributed by atoms with E-state index in [2.05, 4.69) is 169 Å². The van der Waals surface area contributed by atoms with Crippen molar-refractivity contribution in [3.8, 4) is 11.1 Å². The van der Waals surface area contributed by atoms with Gasteiger partial charge in [0.2, 0.25) is 0 Å². The van der Waals surface area contributed by atoms with Crippen LogP contribution in [0.3, 0.4) is 0 Å². The lowest BCUT2D eigenvalue weighted by Crippen LogP contribution is -2.09. The highest BCUT2D eigenvalue weighted by atomic mass is 32.1. The second kappa shape index (κ2) is 11.0. The SMILES string of the molecule is c1ccc2c(c1)ccc1cc(-c3ccc(N(c4ccc5c(c4)sc4ccccc45)c4ccc5oc6ccccc6c5c4)cc3)c3ccccc3c12. The average Bonchev–Trinajstić information content (AvgIpc) is 3.75. The van der Waals surface area contributed by atoms with Crippen LogP contribution in [0.5, 0.6) is 0 Å². The lowest BCUT2D eigenvalue weighted by molar-refractivity contribution is 0.669. The third kappa shape index (κ3) is 4.42. The van der Waals surface area contributed by atoms with Crippen LogP contribution in [0.25, 0.3) is 85.6 Å². The van der Waals surface area contributed by atoms with Crippen LogP contribution in [0, 0.1) is 0 Å². The molecule has 11 rings (SSSR count). The van der Waals surface area contributed by atoms with Gasteiger partial charge in [0.1, 0.15) is 11.2 Å². The summed E-state index contributed by atoms with van der Waals surface area (Å²) < 4.78 is 8.81. The Bertz CT molecular complexity index is 3150. The minimum atomic E-state index is 0.895. The normalized spacial score (nSPS) is 11.9. The van der Waals surface area contributed by atoms with Crippen LogP contribution in [0.2, 0.25) is 0 Å². The largest absolute Gasteiger partial charge is 0.456 e. The summed E-state index contributed by atoms with van der Waals surface area (Å²) in [4.78, 5) is 2.37. The Balaban J connectivity index is 1.09. The van der Waals surface area contributed by atoms with Gasteiger partial charge in [-0.25, -0.2) is 0 Å². The first-order valence-electron chi connectivity index (χ1n) is 17.3. The van der Waals surface area contributed by atoms with Crippen molar-refractivity contribution in [3.05, 3.63) is 176 Å². The van der Waals surface area contributed by atoms with Crippen molar-refractivity contribution >= 4 is 103 Å². The van der Waals surface area contributed by atoms with Gasteiger partial charge in [-0.05, 0) is 104 Å². The van der Waals surface area contributed by atoms with Crippen molar-refractivity contribution in [2.75, 3.05) is 4.90 Å². The summed E-state index contributed by atoms with van der Waals surface area (Å²) in [5.74, 6) is 0. The van der Waals surface area contributed by atoms with Crippen LogP contribution in [0.4, 0.5) is 17.1 Å². The number of rotatable bonds is 4. The molecule has 0 N–H and O–H groups in total. The molecule has 0 aliphatic carbocycles. The highest BCUT2D eigenvalue weighted by Gasteiger charge is 2.18. The third-order valence-electron chi connectivity index (χ3n) is 10.4. The Morgan fingerprint density at radius 3 is 1.88 bits per heavy atom. The van der Waals surface area contributed by atoms with Crippen LogP contribution in [-0.4, -0.2) is 0 Å². The lowest BCUT2D eigenvalue weighted by atomic mass is 9.91. The van der Waals surface area contributed by atoms with Gasteiger partial charge in [-0.3, -0.25) is 0 Å². The summed E-state index contributed by atoms with van der Waals surface area (Å²) in [5.41, 5.74) is 7.55. The number of furan rings is 1. The highest BCUT2D eigenvalue weighted by molar-refractivity contribution is 7.25. The predicted molar refractivity (Wildman–Crippen MR) is 219 cm³/mol. The summed E-state index contributed by atoms with van der Waals surface area (Å²) in [6.07, 6.45) is 0. The Morgan fingerprint density at radius 2 is 1.00 bits per heavy atom. The molecule has 11 aromatic rings. The molecular formula is C48H29NOS. The summed E-state index contributed by atoms with van der Waals surface area (Å²) in [7, 11) is 0. The molecule has 51 heavy (non-hydrogen) atoms. The minimum Gasteiger partial charge on any atom is -0.456 e. The number of hydrogen-bond acceptors (Lipinski definition) is 3. The molecule has 0 aliphatic heterocycles. The molecule has 238 valence electrons. The maximum atomic E-state index is 6.23. The smallest absolute Gasteiger partial charge is 0.135 e. The topological polar surface area (TPSA) is 16.4 Å². The molecule has 2 nitrogen and oxygen atoms in total. The fourth-order valence-corrected chi connectivity index (χ4v) is 9.20. The van der Waals surface area contributed by atoms with Crippen molar-refractivity contribution in [2.45, 2.75) is 0 Å². The number of nitrogens with zero attached hydrogens (tertiary/aromatic N) is 1. The van der Waals surface area contributed by atoms with E-state index >= 15 is 0 Å². The van der Waals surface area contributed by atoms with Gasteiger partial charge in [0.15, 0.2) is 0 Å². The average molecular weight is 668 g/mol. The number of hydrogen-bond donors (Lipinski definition) is 0. The molecule has 0 fully saturated rings. The van der Waals surface area contributed by atoms with Gasteiger partial charge in [-0.15, -0.1) is 11.3 Å². The van der Waals surface area contributed by atoms with Crippen molar-refractivity contribution in [2.24, 2.45) is 0 Å². The number of fused-ring (bicyclic) bond motifs is 11. The monoisotopic (exact) mass is 667 g/mol. The van der Waals surface area contributed by atoms with E-state index < -0.39 is 0 Å². The van der Waals surface area contributed by atoms with E-state index in [0.29, 0.717) is 0 Å². The fourth-order valence-electron chi connectivity index (χ4n) is 8.06. The van der Waals surface area contributed by atoms with Gasteiger partial charge in [-0.2, -0.15) is 0 Å². The molecule has 0 aliphatic rings. The van der Waals surface area contributed by atoms with Crippen LogP contribution in [0.1, 0.15) is 0 Å². The Hall–Kier alpha value is -6.42. The molecule has 9 aromatic carbocycles. The van der Waals surface area contributed by atoms with E-state index in [1.54, 1.807) is 0 Å². The van der Waals surface area contributed by atoms with Gasteiger partial charge in [0.25, 0.3) is 0 Å². The number of anilines is 3. The van der Waals surface area contributed by atoms with E-state index in [9.17, 15) is 0 Å². The first-order chi connectivity index (χ1) is 25.3. The van der Waals surface area contributed by atoms with E-state index in [-0.39, 0.29) is 0 Å².